The molecule has 4 rings (SSSR count). The number of rotatable bonds is 3. The van der Waals surface area contributed by atoms with Gasteiger partial charge in [0.2, 0.25) is 0 Å². The molecule has 0 radical (unpaired) electrons. The van der Waals surface area contributed by atoms with Gasteiger partial charge in [-0.05, 0) is 12.0 Å². The van der Waals surface area contributed by atoms with Gasteiger partial charge in [-0.15, -0.1) is 0 Å². The molecule has 3 aromatic rings. The summed E-state index contributed by atoms with van der Waals surface area (Å²) < 4.78 is 26.5. The molecule has 1 unspecified atom stereocenters. The third-order valence-corrected chi connectivity index (χ3v) is 6.08. The van der Waals surface area contributed by atoms with Crippen LogP contribution in [0.3, 0.4) is 0 Å². The van der Waals surface area contributed by atoms with Crippen LogP contribution in [0.2, 0.25) is 0 Å². The molecule has 1 aliphatic rings. The molecule has 0 saturated carbocycles. The first kappa shape index (κ1) is 15.1. The highest BCUT2D eigenvalue weighted by molar-refractivity contribution is 7.91. The fourth-order valence-electron chi connectivity index (χ4n) is 3.10. The molecule has 0 bridgehead atoms. The van der Waals surface area contributed by atoms with E-state index in [0.29, 0.717) is 24.0 Å². The second-order valence-electron chi connectivity index (χ2n) is 6.05. The van der Waals surface area contributed by atoms with Crippen molar-refractivity contribution in [3.63, 3.8) is 0 Å². The van der Waals surface area contributed by atoms with Crippen molar-refractivity contribution in [2.45, 2.75) is 19.0 Å². The molecule has 1 aliphatic heterocycles. The van der Waals surface area contributed by atoms with Gasteiger partial charge >= 0.3 is 0 Å². The standard InChI is InChI=1S/C16H16N4O3S/c21-16-14-8-18-20(13-6-7-24(22,23)10-13)15(14)17-11-19(16)9-12-4-2-1-3-5-12/h1-5,8,11,13H,6-7,9-10H2. The Morgan fingerprint density at radius 1 is 1.21 bits per heavy atom. The minimum atomic E-state index is -3.02. The Morgan fingerprint density at radius 2 is 2.00 bits per heavy atom. The average molecular weight is 344 g/mol. The normalized spacial score (nSPS) is 19.8. The zero-order valence-corrected chi connectivity index (χ0v) is 13.7. The smallest absolute Gasteiger partial charge is 0.264 e. The summed E-state index contributed by atoms with van der Waals surface area (Å²) in [4.78, 5) is 17.0. The van der Waals surface area contributed by atoms with Gasteiger partial charge in [0.1, 0.15) is 11.7 Å². The SMILES string of the molecule is O=c1c2cnn(C3CCS(=O)(=O)C3)c2ncn1Cc1ccccc1. The fraction of sp³-hybridized carbons (Fsp3) is 0.312. The Bertz CT molecular complexity index is 1050. The van der Waals surface area contributed by atoms with E-state index >= 15 is 0 Å². The predicted molar refractivity (Wildman–Crippen MR) is 89.6 cm³/mol. The van der Waals surface area contributed by atoms with Crippen molar-refractivity contribution in [2.75, 3.05) is 11.5 Å². The number of sulfone groups is 1. The Kier molecular flexibility index (Phi) is 3.49. The molecule has 1 aromatic carbocycles. The molecular weight excluding hydrogens is 328 g/mol. The summed E-state index contributed by atoms with van der Waals surface area (Å²) in [6.45, 7) is 0.436. The van der Waals surface area contributed by atoms with Crippen molar-refractivity contribution in [3.05, 3.63) is 58.8 Å². The van der Waals surface area contributed by atoms with Crippen molar-refractivity contribution < 1.29 is 8.42 Å². The van der Waals surface area contributed by atoms with Crippen molar-refractivity contribution in [1.29, 1.82) is 0 Å². The number of aromatic nitrogens is 4. The van der Waals surface area contributed by atoms with Crippen molar-refractivity contribution >= 4 is 20.9 Å². The van der Waals surface area contributed by atoms with Gasteiger partial charge in [-0.25, -0.2) is 18.1 Å². The molecule has 2 aromatic heterocycles. The quantitative estimate of drug-likeness (QED) is 0.707. The minimum absolute atomic E-state index is 0.0541. The number of fused-ring (bicyclic) bond motifs is 1. The fourth-order valence-corrected chi connectivity index (χ4v) is 4.79. The van der Waals surface area contributed by atoms with E-state index in [0.717, 1.165) is 5.56 Å². The van der Waals surface area contributed by atoms with E-state index in [9.17, 15) is 13.2 Å². The van der Waals surface area contributed by atoms with E-state index in [1.807, 2.05) is 30.3 Å². The average Bonchev–Trinajstić information content (AvgIpc) is 3.14. The first-order valence-corrected chi connectivity index (χ1v) is 9.53. The predicted octanol–water partition coefficient (Wildman–Crippen LogP) is 1.00. The van der Waals surface area contributed by atoms with E-state index in [4.69, 9.17) is 0 Å². The van der Waals surface area contributed by atoms with Crippen LogP contribution in [-0.2, 0) is 16.4 Å². The van der Waals surface area contributed by atoms with Crippen LogP contribution in [0.25, 0.3) is 11.0 Å². The summed E-state index contributed by atoms with van der Waals surface area (Å²) in [6.07, 6.45) is 3.49. The monoisotopic (exact) mass is 344 g/mol. The summed E-state index contributed by atoms with van der Waals surface area (Å²) in [7, 11) is -3.02. The van der Waals surface area contributed by atoms with Gasteiger partial charge in [0, 0.05) is 0 Å². The molecule has 1 fully saturated rings. The van der Waals surface area contributed by atoms with Crippen LogP contribution in [0, 0.1) is 0 Å². The Labute approximate surface area is 138 Å². The van der Waals surface area contributed by atoms with Crippen LogP contribution in [0.4, 0.5) is 0 Å². The second-order valence-corrected chi connectivity index (χ2v) is 8.28. The summed E-state index contributed by atoms with van der Waals surface area (Å²) in [5.74, 6) is 0.211. The first-order chi connectivity index (χ1) is 11.5. The highest BCUT2D eigenvalue weighted by atomic mass is 32.2. The molecule has 1 atom stereocenters. The molecule has 0 amide bonds. The van der Waals surface area contributed by atoms with Crippen LogP contribution >= 0.6 is 0 Å². The first-order valence-electron chi connectivity index (χ1n) is 7.70. The molecule has 0 aliphatic carbocycles. The van der Waals surface area contributed by atoms with E-state index in [1.54, 1.807) is 4.68 Å². The molecule has 0 N–H and O–H groups in total. The third-order valence-electron chi connectivity index (χ3n) is 4.33. The summed E-state index contributed by atoms with van der Waals surface area (Å²) in [6, 6.07) is 9.42. The Morgan fingerprint density at radius 3 is 2.71 bits per heavy atom. The maximum Gasteiger partial charge on any atom is 0.264 e. The third kappa shape index (κ3) is 2.62. The molecule has 124 valence electrons. The van der Waals surface area contributed by atoms with Gasteiger partial charge in [-0.2, -0.15) is 5.10 Å². The van der Waals surface area contributed by atoms with E-state index in [1.165, 1.54) is 17.1 Å². The summed E-state index contributed by atoms with van der Waals surface area (Å²) in [5, 5.41) is 4.64. The second kappa shape index (κ2) is 5.55. The lowest BCUT2D eigenvalue weighted by Gasteiger charge is -2.10. The lowest BCUT2D eigenvalue weighted by Crippen LogP contribution is -2.21. The van der Waals surface area contributed by atoms with Crippen molar-refractivity contribution in [3.8, 4) is 0 Å². The van der Waals surface area contributed by atoms with Crippen LogP contribution in [0.15, 0.2) is 47.7 Å². The number of nitrogens with zero attached hydrogens (tertiary/aromatic N) is 4. The van der Waals surface area contributed by atoms with Gasteiger partial charge in [0.25, 0.3) is 5.56 Å². The molecule has 3 heterocycles. The molecule has 24 heavy (non-hydrogen) atoms. The lowest BCUT2D eigenvalue weighted by atomic mass is 10.2. The zero-order chi connectivity index (χ0) is 16.7. The lowest BCUT2D eigenvalue weighted by molar-refractivity contribution is 0.511. The zero-order valence-electron chi connectivity index (χ0n) is 12.9. The minimum Gasteiger partial charge on any atom is -0.294 e. The largest absolute Gasteiger partial charge is 0.294 e. The van der Waals surface area contributed by atoms with E-state index < -0.39 is 9.84 Å². The molecule has 0 spiro atoms. The van der Waals surface area contributed by atoms with Crippen LogP contribution in [0.5, 0.6) is 0 Å². The maximum atomic E-state index is 12.6. The van der Waals surface area contributed by atoms with Gasteiger partial charge in [-0.1, -0.05) is 30.3 Å². The molecule has 8 heteroatoms. The van der Waals surface area contributed by atoms with Crippen LogP contribution in [-0.4, -0.2) is 39.3 Å². The van der Waals surface area contributed by atoms with Crippen molar-refractivity contribution in [2.24, 2.45) is 0 Å². The molecular formula is C16H16N4O3S. The number of benzene rings is 1. The molecule has 7 nitrogen and oxygen atoms in total. The van der Waals surface area contributed by atoms with Gasteiger partial charge in [0.05, 0.1) is 30.3 Å². The van der Waals surface area contributed by atoms with E-state index in [-0.39, 0.29) is 23.1 Å². The maximum absolute atomic E-state index is 12.6. The number of hydrogen-bond donors (Lipinski definition) is 0. The van der Waals surface area contributed by atoms with Crippen LogP contribution in [0.1, 0.15) is 18.0 Å². The highest BCUT2D eigenvalue weighted by Crippen LogP contribution is 2.25. The topological polar surface area (TPSA) is 86.8 Å². The summed E-state index contributed by atoms with van der Waals surface area (Å²) >= 11 is 0. The van der Waals surface area contributed by atoms with Gasteiger partial charge < -0.3 is 0 Å². The van der Waals surface area contributed by atoms with Gasteiger partial charge in [0.15, 0.2) is 15.5 Å². The van der Waals surface area contributed by atoms with E-state index in [2.05, 4.69) is 10.1 Å². The Balaban J connectivity index is 1.72. The number of hydrogen-bond acceptors (Lipinski definition) is 5. The van der Waals surface area contributed by atoms with Crippen LogP contribution < -0.4 is 5.56 Å². The highest BCUT2D eigenvalue weighted by Gasteiger charge is 2.31. The summed E-state index contributed by atoms with van der Waals surface area (Å²) in [5.41, 5.74) is 1.29. The van der Waals surface area contributed by atoms with Crippen molar-refractivity contribution in [1.82, 2.24) is 19.3 Å². The van der Waals surface area contributed by atoms with Gasteiger partial charge in [-0.3, -0.25) is 9.36 Å². The molecule has 1 saturated heterocycles. The Hall–Kier alpha value is -2.48.